The predicted molar refractivity (Wildman–Crippen MR) is 65.5 cm³/mol. The zero-order chi connectivity index (χ0) is 13.1. The summed E-state index contributed by atoms with van der Waals surface area (Å²) in [6.07, 6.45) is 2.65. The van der Waals surface area contributed by atoms with Crippen LogP contribution in [-0.2, 0) is 0 Å². The molecule has 18 heavy (non-hydrogen) atoms. The molecule has 0 aliphatic carbocycles. The Hall–Kier alpha value is -1.85. The van der Waals surface area contributed by atoms with Crippen LogP contribution >= 0.6 is 23.2 Å². The van der Waals surface area contributed by atoms with Crippen molar-refractivity contribution in [1.29, 1.82) is 0 Å². The fraction of sp³-hybridized carbons (Fsp3) is 0. The van der Waals surface area contributed by atoms with Gasteiger partial charge in [0.2, 0.25) is 5.88 Å². The van der Waals surface area contributed by atoms with E-state index in [1.807, 2.05) is 0 Å². The highest BCUT2D eigenvalue weighted by atomic mass is 35.5. The molecular formula is C11H6Cl2N2O3. The van der Waals surface area contributed by atoms with Gasteiger partial charge in [0, 0.05) is 0 Å². The number of aromatic carboxylic acids is 1. The van der Waals surface area contributed by atoms with E-state index in [0.717, 1.165) is 0 Å². The number of hydrogen-bond acceptors (Lipinski definition) is 4. The fourth-order valence-electron chi connectivity index (χ4n) is 1.22. The number of aromatic nitrogens is 2. The Kier molecular flexibility index (Phi) is 3.64. The van der Waals surface area contributed by atoms with Gasteiger partial charge < -0.3 is 9.84 Å². The van der Waals surface area contributed by atoms with Crippen LogP contribution in [0.25, 0.3) is 0 Å². The van der Waals surface area contributed by atoms with Crippen molar-refractivity contribution in [2.75, 3.05) is 0 Å². The summed E-state index contributed by atoms with van der Waals surface area (Å²) in [7, 11) is 0. The van der Waals surface area contributed by atoms with Crippen LogP contribution in [0, 0.1) is 0 Å². The first-order valence-electron chi connectivity index (χ1n) is 4.74. The number of rotatable bonds is 3. The van der Waals surface area contributed by atoms with Gasteiger partial charge in [0.25, 0.3) is 0 Å². The molecule has 1 heterocycles. The van der Waals surface area contributed by atoms with E-state index in [2.05, 4.69) is 9.97 Å². The first kappa shape index (κ1) is 12.6. The van der Waals surface area contributed by atoms with Gasteiger partial charge in [-0.2, -0.15) is 0 Å². The molecule has 2 aromatic rings. The van der Waals surface area contributed by atoms with Crippen LogP contribution in [0.5, 0.6) is 11.6 Å². The summed E-state index contributed by atoms with van der Waals surface area (Å²) in [4.78, 5) is 18.4. The highest BCUT2D eigenvalue weighted by Gasteiger charge is 2.11. The SMILES string of the molecule is O=C(O)c1cc(Oc2ncncc2Cl)ccc1Cl. The Labute approximate surface area is 112 Å². The van der Waals surface area contributed by atoms with Crippen molar-refractivity contribution in [3.63, 3.8) is 0 Å². The van der Waals surface area contributed by atoms with Gasteiger partial charge in [-0.25, -0.2) is 14.8 Å². The van der Waals surface area contributed by atoms with Crippen LogP contribution < -0.4 is 4.74 Å². The molecule has 5 nitrogen and oxygen atoms in total. The van der Waals surface area contributed by atoms with E-state index >= 15 is 0 Å². The Morgan fingerprint density at radius 1 is 1.28 bits per heavy atom. The Balaban J connectivity index is 2.33. The Morgan fingerprint density at radius 3 is 2.72 bits per heavy atom. The van der Waals surface area contributed by atoms with E-state index in [-0.39, 0.29) is 27.2 Å². The predicted octanol–water partition coefficient (Wildman–Crippen LogP) is 3.27. The Bertz CT molecular complexity index is 605. The van der Waals surface area contributed by atoms with E-state index in [1.165, 1.54) is 30.7 Å². The van der Waals surface area contributed by atoms with E-state index in [9.17, 15) is 4.79 Å². The minimum absolute atomic E-state index is 0.0562. The van der Waals surface area contributed by atoms with Crippen LogP contribution in [-0.4, -0.2) is 21.0 Å². The minimum Gasteiger partial charge on any atom is -0.478 e. The van der Waals surface area contributed by atoms with Crippen LogP contribution in [0.1, 0.15) is 10.4 Å². The topological polar surface area (TPSA) is 72.3 Å². The van der Waals surface area contributed by atoms with Gasteiger partial charge in [-0.3, -0.25) is 0 Å². The fourth-order valence-corrected chi connectivity index (χ4v) is 1.56. The largest absolute Gasteiger partial charge is 0.478 e. The lowest BCUT2D eigenvalue weighted by molar-refractivity contribution is 0.0696. The second-order valence-corrected chi connectivity index (χ2v) is 4.04. The van der Waals surface area contributed by atoms with Crippen molar-refractivity contribution in [2.24, 2.45) is 0 Å². The third kappa shape index (κ3) is 2.69. The molecule has 1 aromatic heterocycles. The van der Waals surface area contributed by atoms with Crippen molar-refractivity contribution in [3.05, 3.63) is 46.3 Å². The zero-order valence-electron chi connectivity index (χ0n) is 8.80. The molecule has 0 spiro atoms. The maximum absolute atomic E-state index is 10.9. The quantitative estimate of drug-likeness (QED) is 0.936. The molecule has 0 saturated carbocycles. The molecule has 2 rings (SSSR count). The summed E-state index contributed by atoms with van der Waals surface area (Å²) in [5, 5.41) is 9.27. The van der Waals surface area contributed by atoms with Gasteiger partial charge in [0.05, 0.1) is 16.8 Å². The van der Waals surface area contributed by atoms with Crippen LogP contribution in [0.15, 0.2) is 30.7 Å². The summed E-state index contributed by atoms with van der Waals surface area (Å²) in [5.74, 6) is -0.720. The molecule has 0 atom stereocenters. The van der Waals surface area contributed by atoms with Gasteiger partial charge in [0.15, 0.2) is 0 Å². The summed E-state index contributed by atoms with van der Waals surface area (Å²) in [5.41, 5.74) is -0.0562. The lowest BCUT2D eigenvalue weighted by Gasteiger charge is -2.07. The van der Waals surface area contributed by atoms with E-state index in [1.54, 1.807) is 0 Å². The number of hydrogen-bond donors (Lipinski definition) is 1. The lowest BCUT2D eigenvalue weighted by atomic mass is 10.2. The highest BCUT2D eigenvalue weighted by Crippen LogP contribution is 2.28. The van der Waals surface area contributed by atoms with Gasteiger partial charge in [0.1, 0.15) is 17.1 Å². The molecule has 0 saturated heterocycles. The smallest absolute Gasteiger partial charge is 0.337 e. The van der Waals surface area contributed by atoms with Crippen LogP contribution in [0.3, 0.4) is 0 Å². The molecule has 0 fully saturated rings. The van der Waals surface area contributed by atoms with Crippen molar-refractivity contribution in [3.8, 4) is 11.6 Å². The summed E-state index contributed by atoms with van der Waals surface area (Å²) in [6, 6.07) is 4.24. The minimum atomic E-state index is -1.14. The number of halogens is 2. The van der Waals surface area contributed by atoms with Gasteiger partial charge in [-0.15, -0.1) is 0 Å². The summed E-state index contributed by atoms with van der Waals surface area (Å²) >= 11 is 11.6. The monoisotopic (exact) mass is 284 g/mol. The van der Waals surface area contributed by atoms with Crippen molar-refractivity contribution in [2.45, 2.75) is 0 Å². The van der Waals surface area contributed by atoms with E-state index < -0.39 is 5.97 Å². The Morgan fingerprint density at radius 2 is 2.06 bits per heavy atom. The molecule has 0 radical (unpaired) electrons. The standard InChI is InChI=1S/C11H6Cl2N2O3/c12-8-2-1-6(3-7(8)11(16)17)18-10-9(13)4-14-5-15-10/h1-5H,(H,16,17). The van der Waals surface area contributed by atoms with Crippen molar-refractivity contribution in [1.82, 2.24) is 9.97 Å². The lowest BCUT2D eigenvalue weighted by Crippen LogP contribution is -1.98. The molecule has 0 aliphatic heterocycles. The molecule has 0 amide bonds. The summed E-state index contributed by atoms with van der Waals surface area (Å²) in [6.45, 7) is 0. The molecule has 0 bridgehead atoms. The zero-order valence-corrected chi connectivity index (χ0v) is 10.3. The molecule has 7 heteroatoms. The van der Waals surface area contributed by atoms with E-state index in [4.69, 9.17) is 33.0 Å². The maximum Gasteiger partial charge on any atom is 0.337 e. The van der Waals surface area contributed by atoms with Crippen LogP contribution in [0.4, 0.5) is 0 Å². The molecular weight excluding hydrogens is 279 g/mol. The third-order valence-electron chi connectivity index (χ3n) is 2.02. The van der Waals surface area contributed by atoms with Gasteiger partial charge in [-0.05, 0) is 18.2 Å². The molecule has 0 aliphatic rings. The number of ether oxygens (including phenoxy) is 1. The average Bonchev–Trinajstić information content (AvgIpc) is 2.34. The van der Waals surface area contributed by atoms with E-state index in [0.29, 0.717) is 0 Å². The van der Waals surface area contributed by atoms with Crippen molar-refractivity contribution >= 4 is 29.2 Å². The number of benzene rings is 1. The third-order valence-corrected chi connectivity index (χ3v) is 2.61. The second kappa shape index (κ2) is 5.20. The normalized spacial score (nSPS) is 10.1. The molecule has 92 valence electrons. The maximum atomic E-state index is 10.9. The number of carboxylic acids is 1. The van der Waals surface area contributed by atoms with Gasteiger partial charge >= 0.3 is 5.97 Å². The molecule has 1 N–H and O–H groups in total. The van der Waals surface area contributed by atoms with Crippen LogP contribution in [0.2, 0.25) is 10.0 Å². The second-order valence-electron chi connectivity index (χ2n) is 3.22. The number of carboxylic acid groups (broad SMARTS) is 1. The summed E-state index contributed by atoms with van der Waals surface area (Å²) < 4.78 is 5.35. The number of nitrogens with zero attached hydrogens (tertiary/aromatic N) is 2. The molecule has 0 unspecified atom stereocenters. The number of carbonyl (C=O) groups is 1. The average molecular weight is 285 g/mol. The van der Waals surface area contributed by atoms with Gasteiger partial charge in [-0.1, -0.05) is 23.2 Å². The first-order valence-corrected chi connectivity index (χ1v) is 5.49. The first-order chi connectivity index (χ1) is 8.58. The molecule has 1 aromatic carbocycles. The van der Waals surface area contributed by atoms with Crippen molar-refractivity contribution < 1.29 is 14.6 Å². The highest BCUT2D eigenvalue weighted by molar-refractivity contribution is 6.33.